The van der Waals surface area contributed by atoms with Crippen LogP contribution in [0.1, 0.15) is 24.1 Å². The second-order valence-electron chi connectivity index (χ2n) is 10.6. The van der Waals surface area contributed by atoms with Gasteiger partial charge in [-0.3, -0.25) is 9.11 Å². The number of hydrogen-bond donors (Lipinski definition) is 2. The van der Waals surface area contributed by atoms with Gasteiger partial charge in [0, 0.05) is 47.0 Å². The lowest BCUT2D eigenvalue weighted by molar-refractivity contribution is -0.0327. The molecule has 4 heterocycles. The molecule has 2 atom stereocenters. The molecule has 1 aromatic carbocycles. The number of aromatic nitrogens is 2. The van der Waals surface area contributed by atoms with Crippen molar-refractivity contribution in [3.8, 4) is 17.6 Å². The first-order valence-corrected chi connectivity index (χ1v) is 15.5. The zero-order valence-corrected chi connectivity index (χ0v) is 23.8. The van der Waals surface area contributed by atoms with Gasteiger partial charge in [0.15, 0.2) is 0 Å². The Bertz CT molecular complexity index is 1520. The molecular formula is C28H30F3N5O2S2. The molecule has 0 spiro atoms. The fourth-order valence-corrected chi connectivity index (χ4v) is 7.57. The minimum atomic E-state index is -4.48. The number of pyridine rings is 1. The van der Waals surface area contributed by atoms with Crippen LogP contribution in [0.4, 0.5) is 24.7 Å². The summed E-state index contributed by atoms with van der Waals surface area (Å²) in [5.74, 6) is 9.10. The highest BCUT2D eigenvalue weighted by atomic mass is 32.2. The van der Waals surface area contributed by atoms with Gasteiger partial charge in [-0.15, -0.1) is 0 Å². The normalized spacial score (nSPS) is 25.9. The lowest BCUT2D eigenvalue weighted by Crippen LogP contribution is -2.54. The van der Waals surface area contributed by atoms with Gasteiger partial charge in [0.05, 0.1) is 29.8 Å². The minimum absolute atomic E-state index is 0.00515. The van der Waals surface area contributed by atoms with Crippen LogP contribution in [0, 0.1) is 24.7 Å². The number of rotatable bonds is 7. The molecule has 2 aliphatic heterocycles. The summed E-state index contributed by atoms with van der Waals surface area (Å²) in [6.07, 6.45) is 1.94. The SMILES string of the molecule is COc1ccc(C)cc1NCC#Cc1nn2c(NC34CCN(C5CS(=O)C5)CC3C4)cccc2c1SC(F)(F)F. The van der Waals surface area contributed by atoms with Gasteiger partial charge in [-0.2, -0.15) is 18.3 Å². The summed E-state index contributed by atoms with van der Waals surface area (Å²) in [7, 11) is 0.904. The second-order valence-corrected chi connectivity index (χ2v) is 13.3. The molecule has 2 aromatic heterocycles. The number of benzene rings is 1. The predicted octanol–water partition coefficient (Wildman–Crippen LogP) is 4.73. The Kier molecular flexibility index (Phi) is 7.17. The highest BCUT2D eigenvalue weighted by Gasteiger charge is 2.58. The van der Waals surface area contributed by atoms with Crippen molar-refractivity contribution in [2.45, 2.75) is 41.7 Å². The van der Waals surface area contributed by atoms with E-state index in [1.807, 2.05) is 31.2 Å². The van der Waals surface area contributed by atoms with Gasteiger partial charge in [0.1, 0.15) is 17.3 Å². The van der Waals surface area contributed by atoms with Crippen molar-refractivity contribution < 1.29 is 22.1 Å². The summed E-state index contributed by atoms with van der Waals surface area (Å²) < 4.78 is 59.2. The summed E-state index contributed by atoms with van der Waals surface area (Å²) in [6, 6.07) is 11.4. The van der Waals surface area contributed by atoms with Gasteiger partial charge in [-0.1, -0.05) is 18.1 Å². The Morgan fingerprint density at radius 1 is 1.27 bits per heavy atom. The highest BCUT2D eigenvalue weighted by Crippen LogP contribution is 2.52. The molecule has 0 radical (unpaired) electrons. The topological polar surface area (TPSA) is 70.9 Å². The molecule has 2 N–H and O–H groups in total. The van der Waals surface area contributed by atoms with Crippen LogP contribution in [-0.2, 0) is 10.8 Å². The Morgan fingerprint density at radius 3 is 2.83 bits per heavy atom. The number of likely N-dealkylation sites (tertiary alicyclic amines) is 1. The van der Waals surface area contributed by atoms with Crippen molar-refractivity contribution >= 4 is 39.6 Å². The van der Waals surface area contributed by atoms with Crippen molar-refractivity contribution in [3.63, 3.8) is 0 Å². The van der Waals surface area contributed by atoms with E-state index < -0.39 is 16.3 Å². The van der Waals surface area contributed by atoms with Crippen LogP contribution in [0.3, 0.4) is 0 Å². The van der Waals surface area contributed by atoms with Crippen molar-refractivity contribution in [3.05, 3.63) is 47.7 Å². The molecule has 0 amide bonds. The highest BCUT2D eigenvalue weighted by molar-refractivity contribution is 8.00. The van der Waals surface area contributed by atoms with Crippen LogP contribution >= 0.6 is 11.8 Å². The molecule has 212 valence electrons. The maximum atomic E-state index is 13.6. The lowest BCUT2D eigenvalue weighted by atomic mass is 10.0. The molecule has 1 aliphatic carbocycles. The maximum Gasteiger partial charge on any atom is 0.446 e. The number of ether oxygens (including phenoxy) is 1. The second kappa shape index (κ2) is 10.5. The molecule has 40 heavy (non-hydrogen) atoms. The first-order valence-electron chi connectivity index (χ1n) is 13.2. The van der Waals surface area contributed by atoms with E-state index >= 15 is 0 Å². The minimum Gasteiger partial charge on any atom is -0.495 e. The first kappa shape index (κ1) is 27.3. The van der Waals surface area contributed by atoms with Crippen LogP contribution in [0.5, 0.6) is 5.75 Å². The van der Waals surface area contributed by atoms with E-state index in [1.54, 1.807) is 23.8 Å². The smallest absolute Gasteiger partial charge is 0.446 e. The van der Waals surface area contributed by atoms with Gasteiger partial charge in [0.25, 0.3) is 0 Å². The zero-order chi connectivity index (χ0) is 28.1. The number of nitrogens with zero attached hydrogens (tertiary/aromatic N) is 3. The molecule has 2 saturated heterocycles. The van der Waals surface area contributed by atoms with Crippen molar-refractivity contribution in [1.29, 1.82) is 0 Å². The molecule has 2 unspecified atom stereocenters. The van der Waals surface area contributed by atoms with E-state index in [-0.39, 0.29) is 34.4 Å². The summed E-state index contributed by atoms with van der Waals surface area (Å²) in [4.78, 5) is 2.44. The van der Waals surface area contributed by atoms with Crippen LogP contribution in [-0.4, -0.2) is 74.1 Å². The summed E-state index contributed by atoms with van der Waals surface area (Å²) >= 11 is -0.183. The Labute approximate surface area is 237 Å². The van der Waals surface area contributed by atoms with E-state index in [1.165, 1.54) is 0 Å². The average Bonchev–Trinajstić information content (AvgIpc) is 3.50. The standard InChI is InChI=1S/C28H30F3N5O2S2/c1-18-8-9-24(38-2)22(13-18)32-11-4-5-21-26(39-28(29,30)31)23-6-3-7-25(36(23)34-21)33-27-10-12-35(15-19(27)14-27)20-16-40(37)17-20/h3,6-9,13,19-20,32-33H,10-12,14-17H2,1-2H3. The van der Waals surface area contributed by atoms with E-state index in [4.69, 9.17) is 4.74 Å². The largest absolute Gasteiger partial charge is 0.495 e. The van der Waals surface area contributed by atoms with Crippen LogP contribution < -0.4 is 15.4 Å². The predicted molar refractivity (Wildman–Crippen MR) is 153 cm³/mol. The number of aryl methyl sites for hydroxylation is 1. The average molecular weight is 590 g/mol. The molecule has 3 aromatic rings. The molecule has 3 fully saturated rings. The third kappa shape index (κ3) is 5.51. The summed E-state index contributed by atoms with van der Waals surface area (Å²) in [5.41, 5.74) is -2.30. The fourth-order valence-electron chi connectivity index (χ4n) is 5.70. The van der Waals surface area contributed by atoms with Crippen LogP contribution in [0.25, 0.3) is 5.52 Å². The van der Waals surface area contributed by atoms with E-state index in [9.17, 15) is 17.4 Å². The molecule has 1 saturated carbocycles. The number of methoxy groups -OCH3 is 1. The van der Waals surface area contributed by atoms with E-state index in [0.717, 1.165) is 48.7 Å². The lowest BCUT2D eigenvalue weighted by Gasteiger charge is -2.41. The van der Waals surface area contributed by atoms with Crippen molar-refractivity contribution in [2.24, 2.45) is 5.92 Å². The molecule has 6 rings (SSSR count). The van der Waals surface area contributed by atoms with Crippen LogP contribution in [0.15, 0.2) is 41.3 Å². The number of hydrogen-bond acceptors (Lipinski definition) is 7. The summed E-state index contributed by atoms with van der Waals surface area (Å²) in [5, 5.41) is 11.4. The van der Waals surface area contributed by atoms with E-state index in [2.05, 4.69) is 32.5 Å². The molecular weight excluding hydrogens is 559 g/mol. The first-order chi connectivity index (χ1) is 19.1. The number of nitrogens with one attached hydrogen (secondary N) is 2. The molecule has 7 nitrogen and oxygen atoms in total. The number of halogens is 3. The Hall–Kier alpha value is -2.88. The maximum absolute atomic E-state index is 13.6. The van der Waals surface area contributed by atoms with Crippen molar-refractivity contribution in [2.75, 3.05) is 48.9 Å². The number of fused-ring (bicyclic) bond motifs is 2. The van der Waals surface area contributed by atoms with Gasteiger partial charge in [-0.05, 0) is 73.2 Å². The van der Waals surface area contributed by atoms with E-state index in [0.29, 0.717) is 29.0 Å². The third-order valence-electron chi connectivity index (χ3n) is 7.94. The molecule has 0 bridgehead atoms. The van der Waals surface area contributed by atoms with Gasteiger partial charge < -0.3 is 15.4 Å². The summed E-state index contributed by atoms with van der Waals surface area (Å²) in [6.45, 7) is 4.05. The van der Waals surface area contributed by atoms with Gasteiger partial charge in [0.2, 0.25) is 0 Å². The monoisotopic (exact) mass is 589 g/mol. The quantitative estimate of drug-likeness (QED) is 0.305. The Balaban J connectivity index is 1.23. The number of alkyl halides is 3. The third-order valence-corrected chi connectivity index (χ3v) is 10.3. The fraction of sp³-hybridized carbons (Fsp3) is 0.464. The molecule has 3 aliphatic rings. The van der Waals surface area contributed by atoms with Crippen LogP contribution in [0.2, 0.25) is 0 Å². The number of piperidine rings is 1. The Morgan fingerprint density at radius 2 is 2.10 bits per heavy atom. The number of thioether (sulfide) groups is 1. The molecule has 12 heteroatoms. The van der Waals surface area contributed by atoms with Gasteiger partial charge in [-0.25, -0.2) is 4.52 Å². The van der Waals surface area contributed by atoms with Gasteiger partial charge >= 0.3 is 5.51 Å². The van der Waals surface area contributed by atoms with Crippen molar-refractivity contribution in [1.82, 2.24) is 14.5 Å². The zero-order valence-electron chi connectivity index (χ0n) is 22.2. The number of anilines is 2.